The number of anilines is 1. The monoisotopic (exact) mass is 344 g/mol. The quantitative estimate of drug-likeness (QED) is 0.833. The number of amidine groups is 1. The molecule has 6 heteroatoms. The normalized spacial score (nSPS) is 17.8. The molecule has 2 heterocycles. The lowest BCUT2D eigenvalue weighted by Gasteiger charge is -2.25. The summed E-state index contributed by atoms with van der Waals surface area (Å²) in [6.45, 7) is 6.70. The van der Waals surface area contributed by atoms with E-state index in [-0.39, 0.29) is 11.9 Å². The third-order valence-electron chi connectivity index (χ3n) is 4.21. The molecule has 2 aliphatic heterocycles. The van der Waals surface area contributed by atoms with E-state index < -0.39 is 0 Å². The van der Waals surface area contributed by atoms with Gasteiger partial charge in [0.2, 0.25) is 5.91 Å². The van der Waals surface area contributed by atoms with E-state index in [2.05, 4.69) is 25.9 Å². The number of rotatable bonds is 6. The molecule has 0 saturated heterocycles. The van der Waals surface area contributed by atoms with Crippen molar-refractivity contribution in [3.8, 4) is 0 Å². The highest BCUT2D eigenvalue weighted by Gasteiger charge is 2.24. The Morgan fingerprint density at radius 3 is 2.96 bits per heavy atom. The van der Waals surface area contributed by atoms with Crippen molar-refractivity contribution in [2.45, 2.75) is 32.7 Å². The number of hydrogen-bond acceptors (Lipinski definition) is 5. The first kappa shape index (κ1) is 17.0. The predicted octanol–water partition coefficient (Wildman–Crippen LogP) is 2.95. The number of fused-ring (bicyclic) bond motifs is 1. The van der Waals surface area contributed by atoms with Gasteiger partial charge >= 0.3 is 0 Å². The molecule has 0 fully saturated rings. The zero-order valence-corrected chi connectivity index (χ0v) is 15.0. The van der Waals surface area contributed by atoms with Crippen LogP contribution in [-0.4, -0.2) is 41.7 Å². The summed E-state index contributed by atoms with van der Waals surface area (Å²) in [5, 5.41) is 9.56. The van der Waals surface area contributed by atoms with E-state index in [9.17, 15) is 4.79 Å². The molecule has 24 heavy (non-hydrogen) atoms. The lowest BCUT2D eigenvalue weighted by molar-refractivity contribution is -0.117. The lowest BCUT2D eigenvalue weighted by Crippen LogP contribution is -2.39. The van der Waals surface area contributed by atoms with Gasteiger partial charge in [-0.2, -0.15) is 0 Å². The van der Waals surface area contributed by atoms with Crippen LogP contribution in [-0.2, 0) is 4.79 Å². The lowest BCUT2D eigenvalue weighted by atomic mass is 10.2. The number of nitrogens with one attached hydrogen (secondary N) is 2. The molecule has 2 aliphatic rings. The van der Waals surface area contributed by atoms with Gasteiger partial charge in [0.05, 0.1) is 6.04 Å². The third kappa shape index (κ3) is 4.19. The van der Waals surface area contributed by atoms with Crippen LogP contribution in [0.1, 0.15) is 25.3 Å². The van der Waals surface area contributed by atoms with E-state index in [0.29, 0.717) is 0 Å². The number of carbonyl (C=O) groups is 1. The van der Waals surface area contributed by atoms with Crippen molar-refractivity contribution in [3.63, 3.8) is 0 Å². The van der Waals surface area contributed by atoms with Crippen LogP contribution in [0.3, 0.4) is 0 Å². The number of benzene rings is 1. The first-order valence-electron chi connectivity index (χ1n) is 8.42. The van der Waals surface area contributed by atoms with Gasteiger partial charge in [-0.3, -0.25) is 9.79 Å². The van der Waals surface area contributed by atoms with Crippen LogP contribution in [0.25, 0.3) is 0 Å². The third-order valence-corrected chi connectivity index (χ3v) is 5.16. The number of aliphatic imine (C=N–C) groups is 1. The highest BCUT2D eigenvalue weighted by atomic mass is 32.2. The number of aryl methyl sites for hydroxylation is 1. The molecule has 0 aliphatic carbocycles. The van der Waals surface area contributed by atoms with Crippen LogP contribution in [0.4, 0.5) is 5.69 Å². The van der Waals surface area contributed by atoms with Crippen molar-refractivity contribution < 1.29 is 4.79 Å². The molecule has 0 radical (unpaired) electrons. The fraction of sp³-hybridized carbons (Fsp3) is 0.444. The SMILES string of the molecule is Cc1ccc(NC(=O)C(C)NCCC2=CSC3=NCCCN23)cc1. The average Bonchev–Trinajstić information content (AvgIpc) is 3.00. The number of carbonyl (C=O) groups excluding carboxylic acids is 1. The standard InChI is InChI=1S/C18H24N4OS/c1-13-4-6-15(7-5-13)21-17(23)14(2)19-10-8-16-12-24-18-20-9-3-11-22(16)18/h4-7,12,14,19H,3,8-11H2,1-2H3,(H,21,23). The summed E-state index contributed by atoms with van der Waals surface area (Å²) in [4.78, 5) is 19.1. The molecule has 128 valence electrons. The Labute approximate surface area is 147 Å². The van der Waals surface area contributed by atoms with Gasteiger partial charge < -0.3 is 15.5 Å². The molecular formula is C18H24N4OS. The molecule has 5 nitrogen and oxygen atoms in total. The Morgan fingerprint density at radius 1 is 1.38 bits per heavy atom. The Hall–Kier alpha value is -1.79. The Morgan fingerprint density at radius 2 is 2.17 bits per heavy atom. The van der Waals surface area contributed by atoms with Crippen LogP contribution in [0.5, 0.6) is 0 Å². The molecule has 1 amide bonds. The van der Waals surface area contributed by atoms with Gasteiger partial charge in [0.25, 0.3) is 0 Å². The maximum absolute atomic E-state index is 12.2. The molecule has 1 atom stereocenters. The van der Waals surface area contributed by atoms with Crippen molar-refractivity contribution in [3.05, 3.63) is 40.9 Å². The van der Waals surface area contributed by atoms with E-state index in [1.54, 1.807) is 11.8 Å². The minimum Gasteiger partial charge on any atom is -0.325 e. The Balaban J connectivity index is 1.43. The molecule has 0 saturated carbocycles. The fourth-order valence-electron chi connectivity index (χ4n) is 2.73. The maximum Gasteiger partial charge on any atom is 0.241 e. The average molecular weight is 344 g/mol. The summed E-state index contributed by atoms with van der Waals surface area (Å²) in [6.07, 6.45) is 2.03. The van der Waals surface area contributed by atoms with E-state index in [0.717, 1.165) is 43.3 Å². The second kappa shape index (κ2) is 7.85. The maximum atomic E-state index is 12.2. The number of nitrogens with zero attached hydrogens (tertiary/aromatic N) is 2. The smallest absolute Gasteiger partial charge is 0.241 e. The minimum atomic E-state index is -0.226. The summed E-state index contributed by atoms with van der Waals surface area (Å²) in [5.41, 5.74) is 3.32. The number of amides is 1. The van der Waals surface area contributed by atoms with Gasteiger partial charge in [-0.05, 0) is 37.8 Å². The van der Waals surface area contributed by atoms with Crippen LogP contribution in [0, 0.1) is 6.92 Å². The zero-order chi connectivity index (χ0) is 16.9. The largest absolute Gasteiger partial charge is 0.325 e. The zero-order valence-electron chi connectivity index (χ0n) is 14.2. The van der Waals surface area contributed by atoms with Gasteiger partial charge in [0, 0.05) is 37.4 Å². The molecule has 1 aromatic rings. The summed E-state index contributed by atoms with van der Waals surface area (Å²) in [5.74, 6) is -0.00569. The van der Waals surface area contributed by atoms with E-state index in [4.69, 9.17) is 0 Å². The first-order valence-corrected chi connectivity index (χ1v) is 9.30. The van der Waals surface area contributed by atoms with Crippen molar-refractivity contribution in [1.29, 1.82) is 0 Å². The molecule has 3 rings (SSSR count). The topological polar surface area (TPSA) is 56.7 Å². The highest BCUT2D eigenvalue weighted by molar-refractivity contribution is 8.16. The summed E-state index contributed by atoms with van der Waals surface area (Å²) in [6, 6.07) is 7.62. The van der Waals surface area contributed by atoms with Gasteiger partial charge in [-0.15, -0.1) is 0 Å². The minimum absolute atomic E-state index is 0.00569. The van der Waals surface area contributed by atoms with E-state index in [1.807, 2.05) is 38.1 Å². The van der Waals surface area contributed by atoms with Gasteiger partial charge in [-0.25, -0.2) is 0 Å². The summed E-state index contributed by atoms with van der Waals surface area (Å²) >= 11 is 1.71. The van der Waals surface area contributed by atoms with Crippen molar-refractivity contribution in [2.24, 2.45) is 4.99 Å². The molecule has 1 aromatic carbocycles. The Bertz CT molecular complexity index is 653. The predicted molar refractivity (Wildman–Crippen MR) is 101 cm³/mol. The number of hydrogen-bond donors (Lipinski definition) is 2. The molecule has 2 N–H and O–H groups in total. The molecule has 0 bridgehead atoms. The van der Waals surface area contributed by atoms with Gasteiger partial charge in [0.15, 0.2) is 5.17 Å². The van der Waals surface area contributed by atoms with Crippen LogP contribution in [0.15, 0.2) is 40.4 Å². The summed E-state index contributed by atoms with van der Waals surface area (Å²) < 4.78 is 0. The van der Waals surface area contributed by atoms with Crippen molar-refractivity contribution in [1.82, 2.24) is 10.2 Å². The first-order chi connectivity index (χ1) is 11.6. The van der Waals surface area contributed by atoms with Crippen LogP contribution < -0.4 is 10.6 Å². The second-order valence-corrected chi connectivity index (χ2v) is 7.01. The van der Waals surface area contributed by atoms with E-state index >= 15 is 0 Å². The van der Waals surface area contributed by atoms with Crippen molar-refractivity contribution >= 4 is 28.5 Å². The highest BCUT2D eigenvalue weighted by Crippen LogP contribution is 2.30. The van der Waals surface area contributed by atoms with E-state index in [1.165, 1.54) is 11.3 Å². The second-order valence-electron chi connectivity index (χ2n) is 6.18. The van der Waals surface area contributed by atoms with Crippen LogP contribution in [0.2, 0.25) is 0 Å². The van der Waals surface area contributed by atoms with Gasteiger partial charge in [0.1, 0.15) is 0 Å². The number of thioether (sulfide) groups is 1. The molecular weight excluding hydrogens is 320 g/mol. The van der Waals surface area contributed by atoms with Crippen molar-refractivity contribution in [2.75, 3.05) is 25.0 Å². The molecule has 0 spiro atoms. The molecule has 0 aromatic heterocycles. The van der Waals surface area contributed by atoms with Crippen LogP contribution >= 0.6 is 11.8 Å². The summed E-state index contributed by atoms with van der Waals surface area (Å²) in [7, 11) is 0. The Kier molecular flexibility index (Phi) is 5.58. The molecule has 1 unspecified atom stereocenters. The van der Waals surface area contributed by atoms with Gasteiger partial charge in [-0.1, -0.05) is 29.5 Å². The fourth-order valence-corrected chi connectivity index (χ4v) is 3.72.